The van der Waals surface area contributed by atoms with Gasteiger partial charge >= 0.3 is 0 Å². The van der Waals surface area contributed by atoms with Crippen LogP contribution in [0.15, 0.2) is 48.6 Å². The molecule has 3 atom stereocenters. The van der Waals surface area contributed by atoms with Crippen molar-refractivity contribution >= 4 is 17.3 Å². The quantitative estimate of drug-likeness (QED) is 0.658. The van der Waals surface area contributed by atoms with Gasteiger partial charge in [-0.25, -0.2) is 0 Å². The summed E-state index contributed by atoms with van der Waals surface area (Å²) in [6.45, 7) is 4.25. The summed E-state index contributed by atoms with van der Waals surface area (Å²) < 4.78 is 0. The van der Waals surface area contributed by atoms with Crippen molar-refractivity contribution < 1.29 is 0 Å². The van der Waals surface area contributed by atoms with E-state index in [0.717, 1.165) is 17.0 Å². The molecular formula is C20H20ClN. The SMILES string of the molecule is Cc1ccc(C2Nc3c(ccc(Cl)c3C)C3C=CCC32)cc1. The van der Waals surface area contributed by atoms with Crippen molar-refractivity contribution in [1.29, 1.82) is 0 Å². The number of nitrogens with one attached hydrogen (secondary N) is 1. The molecule has 0 amide bonds. The number of benzene rings is 2. The molecule has 0 aromatic heterocycles. The second-order valence-electron chi connectivity index (χ2n) is 6.52. The first-order valence-corrected chi connectivity index (χ1v) is 8.31. The third kappa shape index (κ3) is 2.07. The lowest BCUT2D eigenvalue weighted by Gasteiger charge is -2.38. The number of hydrogen-bond donors (Lipinski definition) is 1. The summed E-state index contributed by atoms with van der Waals surface area (Å²) in [5.74, 6) is 1.09. The lowest BCUT2D eigenvalue weighted by molar-refractivity contribution is 0.425. The Kier molecular flexibility index (Phi) is 3.27. The van der Waals surface area contributed by atoms with Crippen LogP contribution in [0.4, 0.5) is 5.69 Å². The number of anilines is 1. The third-order valence-corrected chi connectivity index (χ3v) is 5.58. The van der Waals surface area contributed by atoms with Crippen LogP contribution in [0.1, 0.15) is 40.6 Å². The predicted octanol–water partition coefficient (Wildman–Crippen LogP) is 5.78. The number of fused-ring (bicyclic) bond motifs is 3. The van der Waals surface area contributed by atoms with Crippen molar-refractivity contribution in [3.63, 3.8) is 0 Å². The molecule has 1 N–H and O–H groups in total. The lowest BCUT2D eigenvalue weighted by atomic mass is 9.76. The molecule has 1 aliphatic heterocycles. The van der Waals surface area contributed by atoms with Gasteiger partial charge < -0.3 is 5.32 Å². The molecule has 2 aliphatic rings. The van der Waals surface area contributed by atoms with Crippen LogP contribution in [-0.4, -0.2) is 0 Å². The van der Waals surface area contributed by atoms with Gasteiger partial charge in [0.2, 0.25) is 0 Å². The Bertz CT molecular complexity index is 745. The van der Waals surface area contributed by atoms with E-state index in [0.29, 0.717) is 17.9 Å². The van der Waals surface area contributed by atoms with E-state index in [-0.39, 0.29) is 0 Å². The molecule has 22 heavy (non-hydrogen) atoms. The fourth-order valence-electron chi connectivity index (χ4n) is 3.89. The molecule has 1 aliphatic carbocycles. The Hall–Kier alpha value is -1.73. The van der Waals surface area contributed by atoms with E-state index in [4.69, 9.17) is 11.6 Å². The average molecular weight is 310 g/mol. The van der Waals surface area contributed by atoms with E-state index in [2.05, 4.69) is 61.6 Å². The number of allylic oxidation sites excluding steroid dienone is 2. The van der Waals surface area contributed by atoms with Gasteiger partial charge in [0.05, 0.1) is 6.04 Å². The van der Waals surface area contributed by atoms with E-state index in [1.807, 2.05) is 6.07 Å². The molecule has 2 heteroatoms. The van der Waals surface area contributed by atoms with Crippen molar-refractivity contribution in [3.8, 4) is 0 Å². The summed E-state index contributed by atoms with van der Waals surface area (Å²) in [6.07, 6.45) is 5.84. The summed E-state index contributed by atoms with van der Waals surface area (Å²) >= 11 is 6.35. The van der Waals surface area contributed by atoms with Crippen LogP contribution < -0.4 is 5.32 Å². The Labute approximate surface area is 137 Å². The second kappa shape index (κ2) is 5.17. The fourth-order valence-corrected chi connectivity index (χ4v) is 4.05. The van der Waals surface area contributed by atoms with Crippen LogP contribution in [0.25, 0.3) is 0 Å². The molecule has 2 aromatic carbocycles. The molecule has 2 aromatic rings. The molecule has 0 saturated heterocycles. The summed E-state index contributed by atoms with van der Waals surface area (Å²) in [5.41, 5.74) is 6.46. The Morgan fingerprint density at radius 1 is 1.05 bits per heavy atom. The fraction of sp³-hybridized carbons (Fsp3) is 0.300. The molecule has 1 heterocycles. The Morgan fingerprint density at radius 2 is 1.82 bits per heavy atom. The molecule has 0 bridgehead atoms. The predicted molar refractivity (Wildman–Crippen MR) is 93.7 cm³/mol. The molecule has 112 valence electrons. The highest BCUT2D eigenvalue weighted by molar-refractivity contribution is 6.31. The minimum absolute atomic E-state index is 0.352. The minimum atomic E-state index is 0.352. The van der Waals surface area contributed by atoms with Crippen LogP contribution in [-0.2, 0) is 0 Å². The van der Waals surface area contributed by atoms with E-state index >= 15 is 0 Å². The first-order chi connectivity index (χ1) is 10.6. The summed E-state index contributed by atoms with van der Waals surface area (Å²) in [4.78, 5) is 0. The smallest absolute Gasteiger partial charge is 0.0554 e. The monoisotopic (exact) mass is 309 g/mol. The van der Waals surface area contributed by atoms with Gasteiger partial charge in [-0.1, -0.05) is 59.6 Å². The van der Waals surface area contributed by atoms with Crippen LogP contribution in [0, 0.1) is 19.8 Å². The molecule has 0 spiro atoms. The zero-order valence-electron chi connectivity index (χ0n) is 12.9. The van der Waals surface area contributed by atoms with Gasteiger partial charge in [-0.3, -0.25) is 0 Å². The number of hydrogen-bond acceptors (Lipinski definition) is 1. The second-order valence-corrected chi connectivity index (χ2v) is 6.93. The molecule has 3 unspecified atom stereocenters. The standard InChI is InChI=1S/C20H20ClN/c1-12-6-8-14(9-7-12)20-16-5-3-4-15(16)17-10-11-18(21)13(2)19(17)22-20/h3-4,6-11,15-16,20,22H,5H2,1-2H3. The van der Waals surface area contributed by atoms with Crippen LogP contribution in [0.2, 0.25) is 5.02 Å². The zero-order valence-corrected chi connectivity index (χ0v) is 13.7. The highest BCUT2D eigenvalue weighted by atomic mass is 35.5. The Morgan fingerprint density at radius 3 is 2.59 bits per heavy atom. The van der Waals surface area contributed by atoms with Gasteiger partial charge in [-0.05, 0) is 48.9 Å². The van der Waals surface area contributed by atoms with Crippen molar-refractivity contribution in [2.24, 2.45) is 5.92 Å². The maximum Gasteiger partial charge on any atom is 0.0554 e. The van der Waals surface area contributed by atoms with Crippen LogP contribution >= 0.6 is 11.6 Å². The van der Waals surface area contributed by atoms with Gasteiger partial charge in [-0.15, -0.1) is 0 Å². The van der Waals surface area contributed by atoms with Crippen LogP contribution in [0.5, 0.6) is 0 Å². The summed E-state index contributed by atoms with van der Waals surface area (Å²) in [5, 5.41) is 4.63. The molecule has 0 radical (unpaired) electrons. The highest BCUT2D eigenvalue weighted by Crippen LogP contribution is 2.51. The zero-order chi connectivity index (χ0) is 15.3. The van der Waals surface area contributed by atoms with Crippen molar-refractivity contribution in [1.82, 2.24) is 0 Å². The van der Waals surface area contributed by atoms with Gasteiger partial charge in [0, 0.05) is 16.6 Å². The average Bonchev–Trinajstić information content (AvgIpc) is 3.01. The molecule has 4 rings (SSSR count). The van der Waals surface area contributed by atoms with E-state index in [1.165, 1.54) is 22.4 Å². The van der Waals surface area contributed by atoms with Gasteiger partial charge in [0.15, 0.2) is 0 Å². The summed E-state index contributed by atoms with van der Waals surface area (Å²) in [6, 6.07) is 13.5. The topological polar surface area (TPSA) is 12.0 Å². The van der Waals surface area contributed by atoms with Crippen LogP contribution in [0.3, 0.4) is 0 Å². The van der Waals surface area contributed by atoms with E-state index in [9.17, 15) is 0 Å². The highest BCUT2D eigenvalue weighted by Gasteiger charge is 2.38. The minimum Gasteiger partial charge on any atom is -0.377 e. The molecule has 0 saturated carbocycles. The van der Waals surface area contributed by atoms with Gasteiger partial charge in [-0.2, -0.15) is 0 Å². The third-order valence-electron chi connectivity index (χ3n) is 5.17. The largest absolute Gasteiger partial charge is 0.377 e. The molecular weight excluding hydrogens is 290 g/mol. The maximum atomic E-state index is 6.35. The van der Waals surface area contributed by atoms with Crippen molar-refractivity contribution in [3.05, 3.63) is 75.8 Å². The van der Waals surface area contributed by atoms with Crippen molar-refractivity contribution in [2.45, 2.75) is 32.2 Å². The number of halogens is 1. The van der Waals surface area contributed by atoms with Gasteiger partial charge in [0.25, 0.3) is 0 Å². The lowest BCUT2D eigenvalue weighted by Crippen LogP contribution is -2.29. The number of aryl methyl sites for hydroxylation is 1. The normalized spacial score (nSPS) is 25.5. The first-order valence-electron chi connectivity index (χ1n) is 7.94. The van der Waals surface area contributed by atoms with Crippen molar-refractivity contribution in [2.75, 3.05) is 5.32 Å². The summed E-state index contributed by atoms with van der Waals surface area (Å²) in [7, 11) is 0. The first kappa shape index (κ1) is 13.9. The van der Waals surface area contributed by atoms with Gasteiger partial charge in [0.1, 0.15) is 0 Å². The Balaban J connectivity index is 1.82. The maximum absolute atomic E-state index is 6.35. The van der Waals surface area contributed by atoms with E-state index in [1.54, 1.807) is 0 Å². The molecule has 0 fully saturated rings. The molecule has 1 nitrogen and oxygen atoms in total. The van der Waals surface area contributed by atoms with E-state index < -0.39 is 0 Å². The number of rotatable bonds is 1.